The molecule has 0 aliphatic carbocycles. The Balaban J connectivity index is 1.25. The highest BCUT2D eigenvalue weighted by Crippen LogP contribution is 2.25. The third kappa shape index (κ3) is 8.60. The Labute approximate surface area is 222 Å². The van der Waals surface area contributed by atoms with Crippen LogP contribution in [0, 0.1) is 0 Å². The SMILES string of the molecule is CCCCCc1ccc(N=Nc2ccc(N=Nc3ccc(N4CCN(CCCC)CC4)cc3)cc2)cc1. The predicted octanol–water partition coefficient (Wildman–Crippen LogP) is 9.17. The number of azo groups is 2. The van der Waals surface area contributed by atoms with Gasteiger partial charge in [0, 0.05) is 31.9 Å². The number of hydrogen-bond donors (Lipinski definition) is 0. The predicted molar refractivity (Wildman–Crippen MR) is 154 cm³/mol. The first-order valence-electron chi connectivity index (χ1n) is 13.8. The minimum atomic E-state index is 0.794. The molecule has 0 atom stereocenters. The Kier molecular flexibility index (Phi) is 10.4. The van der Waals surface area contributed by atoms with Gasteiger partial charge in [-0.1, -0.05) is 45.2 Å². The molecule has 1 aliphatic rings. The van der Waals surface area contributed by atoms with E-state index in [0.717, 1.165) is 55.3 Å². The van der Waals surface area contributed by atoms with E-state index in [1.165, 1.54) is 49.9 Å². The Hall–Kier alpha value is -3.38. The average Bonchev–Trinajstić information content (AvgIpc) is 2.96. The zero-order chi connectivity index (χ0) is 25.7. The van der Waals surface area contributed by atoms with Gasteiger partial charge in [-0.2, -0.15) is 20.5 Å². The fourth-order valence-electron chi connectivity index (χ4n) is 4.47. The minimum Gasteiger partial charge on any atom is -0.369 e. The van der Waals surface area contributed by atoms with Crippen LogP contribution >= 0.6 is 0 Å². The number of hydrogen-bond acceptors (Lipinski definition) is 6. The summed E-state index contributed by atoms with van der Waals surface area (Å²) in [6.45, 7) is 10.2. The Morgan fingerprint density at radius 2 is 1.00 bits per heavy atom. The quantitative estimate of drug-likeness (QED) is 0.185. The van der Waals surface area contributed by atoms with Gasteiger partial charge in [-0.15, -0.1) is 0 Å². The van der Waals surface area contributed by atoms with Crippen molar-refractivity contribution in [1.29, 1.82) is 0 Å². The normalized spacial score (nSPS) is 14.7. The Bertz CT molecular complexity index is 1110. The van der Waals surface area contributed by atoms with E-state index in [4.69, 9.17) is 0 Å². The van der Waals surface area contributed by atoms with Gasteiger partial charge < -0.3 is 4.90 Å². The van der Waals surface area contributed by atoms with E-state index in [1.54, 1.807) is 0 Å². The van der Waals surface area contributed by atoms with E-state index in [0.29, 0.717) is 0 Å². The van der Waals surface area contributed by atoms with Crippen LogP contribution in [0.1, 0.15) is 51.5 Å². The molecule has 1 saturated heterocycles. The second-order valence-corrected chi connectivity index (χ2v) is 9.74. The number of piperazine rings is 1. The molecule has 1 fully saturated rings. The maximum absolute atomic E-state index is 4.41. The van der Waals surface area contributed by atoms with Crippen LogP contribution in [0.15, 0.2) is 93.3 Å². The monoisotopic (exact) mass is 496 g/mol. The molecule has 0 bridgehead atoms. The molecule has 0 saturated carbocycles. The van der Waals surface area contributed by atoms with Crippen LogP contribution in [0.2, 0.25) is 0 Å². The van der Waals surface area contributed by atoms with Crippen LogP contribution in [-0.2, 0) is 6.42 Å². The van der Waals surface area contributed by atoms with Gasteiger partial charge in [0.2, 0.25) is 0 Å². The van der Waals surface area contributed by atoms with E-state index >= 15 is 0 Å². The summed E-state index contributed by atoms with van der Waals surface area (Å²) in [5.74, 6) is 0. The molecule has 194 valence electrons. The number of unbranched alkanes of at least 4 members (excludes halogenated alkanes) is 3. The summed E-state index contributed by atoms with van der Waals surface area (Å²) >= 11 is 0. The van der Waals surface area contributed by atoms with Gasteiger partial charge in [0.25, 0.3) is 0 Å². The van der Waals surface area contributed by atoms with Gasteiger partial charge in [-0.25, -0.2) is 0 Å². The molecule has 37 heavy (non-hydrogen) atoms. The maximum Gasteiger partial charge on any atom is 0.0858 e. The molecule has 0 spiro atoms. The van der Waals surface area contributed by atoms with Crippen LogP contribution in [0.5, 0.6) is 0 Å². The molecule has 3 aromatic rings. The van der Waals surface area contributed by atoms with Gasteiger partial charge in [0.1, 0.15) is 0 Å². The average molecular weight is 497 g/mol. The molecule has 3 aromatic carbocycles. The van der Waals surface area contributed by atoms with Crippen molar-refractivity contribution < 1.29 is 0 Å². The van der Waals surface area contributed by atoms with Crippen molar-refractivity contribution in [3.05, 3.63) is 78.4 Å². The van der Waals surface area contributed by atoms with Gasteiger partial charge in [0.05, 0.1) is 22.7 Å². The molecule has 6 nitrogen and oxygen atoms in total. The summed E-state index contributed by atoms with van der Waals surface area (Å²) < 4.78 is 0. The summed E-state index contributed by atoms with van der Waals surface area (Å²) in [5.41, 5.74) is 5.93. The molecular formula is C31H40N6. The first kappa shape index (κ1) is 26.7. The van der Waals surface area contributed by atoms with Gasteiger partial charge in [-0.05, 0) is 92.0 Å². The van der Waals surface area contributed by atoms with Crippen LogP contribution < -0.4 is 4.90 Å². The van der Waals surface area contributed by atoms with Gasteiger partial charge in [-0.3, -0.25) is 4.90 Å². The number of benzene rings is 3. The van der Waals surface area contributed by atoms with Crippen LogP contribution in [-0.4, -0.2) is 37.6 Å². The van der Waals surface area contributed by atoms with Gasteiger partial charge in [0.15, 0.2) is 0 Å². The highest BCUT2D eigenvalue weighted by atomic mass is 15.3. The molecule has 0 N–H and O–H groups in total. The highest BCUT2D eigenvalue weighted by Gasteiger charge is 2.16. The summed E-state index contributed by atoms with van der Waals surface area (Å²) in [6.07, 6.45) is 7.45. The summed E-state index contributed by atoms with van der Waals surface area (Å²) in [4.78, 5) is 5.03. The second-order valence-electron chi connectivity index (χ2n) is 9.74. The standard InChI is InChI=1S/C31H40N6/c1-3-5-7-8-26-9-11-27(12-10-26)32-33-28-13-15-29(16-14-28)34-35-30-17-19-31(20-18-30)37-24-22-36(23-25-37)21-6-4-2/h9-20H,3-8,21-25H2,1-2H3. The molecule has 1 heterocycles. The molecule has 0 amide bonds. The second kappa shape index (κ2) is 14.4. The van der Waals surface area contributed by atoms with Crippen molar-refractivity contribution in [2.45, 2.75) is 52.4 Å². The molecule has 0 aromatic heterocycles. The van der Waals surface area contributed by atoms with E-state index in [1.807, 2.05) is 48.5 Å². The van der Waals surface area contributed by atoms with Crippen molar-refractivity contribution in [3.8, 4) is 0 Å². The number of anilines is 1. The van der Waals surface area contributed by atoms with E-state index in [2.05, 4.69) is 68.4 Å². The smallest absolute Gasteiger partial charge is 0.0858 e. The topological polar surface area (TPSA) is 55.9 Å². The van der Waals surface area contributed by atoms with Gasteiger partial charge >= 0.3 is 0 Å². The number of aryl methyl sites for hydroxylation is 1. The highest BCUT2D eigenvalue weighted by molar-refractivity contribution is 5.53. The largest absolute Gasteiger partial charge is 0.369 e. The Morgan fingerprint density at radius 3 is 1.49 bits per heavy atom. The maximum atomic E-state index is 4.41. The molecule has 0 radical (unpaired) electrons. The van der Waals surface area contributed by atoms with Crippen molar-refractivity contribution in [3.63, 3.8) is 0 Å². The first-order chi connectivity index (χ1) is 18.2. The summed E-state index contributed by atoms with van der Waals surface area (Å²) in [6, 6.07) is 24.4. The number of rotatable bonds is 12. The molecular weight excluding hydrogens is 456 g/mol. The van der Waals surface area contributed by atoms with Crippen LogP contribution in [0.4, 0.5) is 28.4 Å². The third-order valence-corrected chi connectivity index (χ3v) is 6.83. The van der Waals surface area contributed by atoms with E-state index in [9.17, 15) is 0 Å². The Morgan fingerprint density at radius 1 is 0.541 bits per heavy atom. The molecule has 4 rings (SSSR count). The fourth-order valence-corrected chi connectivity index (χ4v) is 4.47. The first-order valence-corrected chi connectivity index (χ1v) is 13.8. The lowest BCUT2D eigenvalue weighted by atomic mass is 10.1. The molecule has 6 heteroatoms. The summed E-state index contributed by atoms with van der Waals surface area (Å²) in [7, 11) is 0. The van der Waals surface area contributed by atoms with Crippen LogP contribution in [0.25, 0.3) is 0 Å². The van der Waals surface area contributed by atoms with Crippen molar-refractivity contribution in [1.82, 2.24) is 4.90 Å². The van der Waals surface area contributed by atoms with Crippen molar-refractivity contribution >= 4 is 28.4 Å². The molecule has 1 aliphatic heterocycles. The minimum absolute atomic E-state index is 0.794. The third-order valence-electron chi connectivity index (χ3n) is 6.83. The van der Waals surface area contributed by atoms with Crippen LogP contribution in [0.3, 0.4) is 0 Å². The van der Waals surface area contributed by atoms with Crippen molar-refractivity contribution in [2.75, 3.05) is 37.6 Å². The van der Waals surface area contributed by atoms with E-state index in [-0.39, 0.29) is 0 Å². The number of nitrogens with zero attached hydrogens (tertiary/aromatic N) is 6. The lowest BCUT2D eigenvalue weighted by Crippen LogP contribution is -2.46. The lowest BCUT2D eigenvalue weighted by Gasteiger charge is -2.36. The van der Waals surface area contributed by atoms with Crippen molar-refractivity contribution in [2.24, 2.45) is 20.5 Å². The molecule has 0 unspecified atom stereocenters. The van der Waals surface area contributed by atoms with E-state index < -0.39 is 0 Å². The zero-order valence-corrected chi connectivity index (χ0v) is 22.4. The fraction of sp³-hybridized carbons (Fsp3) is 0.419. The lowest BCUT2D eigenvalue weighted by molar-refractivity contribution is 0.254. The summed E-state index contributed by atoms with van der Waals surface area (Å²) in [5, 5.41) is 17.5. The zero-order valence-electron chi connectivity index (χ0n) is 22.4.